The summed E-state index contributed by atoms with van der Waals surface area (Å²) in [6.07, 6.45) is 4.91. The zero-order valence-electron chi connectivity index (χ0n) is 8.62. The summed E-state index contributed by atoms with van der Waals surface area (Å²) >= 11 is 1.35. The molecular formula is C9H11N5OS. The van der Waals surface area contributed by atoms with E-state index in [1.165, 1.54) is 11.3 Å². The number of hydrogen-bond acceptors (Lipinski definition) is 5. The number of aryl methyl sites for hydroxylation is 1. The first-order valence-corrected chi connectivity index (χ1v) is 5.49. The Morgan fingerprint density at radius 1 is 1.69 bits per heavy atom. The van der Waals surface area contributed by atoms with Crippen LogP contribution in [0.4, 0.5) is 5.13 Å². The number of hydrogen-bond donors (Lipinski definition) is 2. The van der Waals surface area contributed by atoms with Crippen LogP contribution in [0, 0.1) is 0 Å². The second-order valence-corrected chi connectivity index (χ2v) is 4.15. The van der Waals surface area contributed by atoms with Crippen LogP contribution in [0.15, 0.2) is 24.0 Å². The summed E-state index contributed by atoms with van der Waals surface area (Å²) in [5.74, 6) is -0.289. The fourth-order valence-electron chi connectivity index (χ4n) is 1.22. The molecule has 0 radical (unpaired) electrons. The van der Waals surface area contributed by atoms with Crippen LogP contribution < -0.4 is 11.1 Å². The Morgan fingerprint density at radius 2 is 2.50 bits per heavy atom. The second-order valence-electron chi connectivity index (χ2n) is 3.25. The smallest absolute Gasteiger partial charge is 0.247 e. The Kier molecular flexibility index (Phi) is 2.97. The first-order valence-electron chi connectivity index (χ1n) is 4.61. The fourth-order valence-corrected chi connectivity index (χ4v) is 1.75. The van der Waals surface area contributed by atoms with Crippen molar-refractivity contribution in [1.29, 1.82) is 0 Å². The lowest BCUT2D eigenvalue weighted by Gasteiger charge is -2.07. The fraction of sp³-hybridized carbons (Fsp3) is 0.222. The predicted molar refractivity (Wildman–Crippen MR) is 60.9 cm³/mol. The van der Waals surface area contributed by atoms with Gasteiger partial charge in [0.2, 0.25) is 5.91 Å². The number of carbonyl (C=O) groups excluding carboxylic acids is 1. The lowest BCUT2D eigenvalue weighted by molar-refractivity contribution is -0.117. The minimum Gasteiger partial charge on any atom is -0.316 e. The SMILES string of the molecule is Cn1cc(C(N)C(=O)Nc2nccs2)cn1. The van der Waals surface area contributed by atoms with Gasteiger partial charge < -0.3 is 11.1 Å². The van der Waals surface area contributed by atoms with E-state index in [1.54, 1.807) is 35.7 Å². The molecule has 2 heterocycles. The molecule has 2 aromatic heterocycles. The molecule has 3 N–H and O–H groups in total. The van der Waals surface area contributed by atoms with Crippen molar-refractivity contribution in [1.82, 2.24) is 14.8 Å². The zero-order chi connectivity index (χ0) is 11.5. The van der Waals surface area contributed by atoms with E-state index in [0.717, 1.165) is 0 Å². The maximum absolute atomic E-state index is 11.7. The Morgan fingerprint density at radius 3 is 3.06 bits per heavy atom. The molecule has 0 aliphatic carbocycles. The highest BCUT2D eigenvalue weighted by molar-refractivity contribution is 7.13. The molecule has 2 aromatic rings. The molecule has 7 heteroatoms. The van der Waals surface area contributed by atoms with Gasteiger partial charge in [0.15, 0.2) is 5.13 Å². The van der Waals surface area contributed by atoms with Crippen molar-refractivity contribution in [3.8, 4) is 0 Å². The summed E-state index contributed by atoms with van der Waals surface area (Å²) in [6.45, 7) is 0. The molecule has 1 unspecified atom stereocenters. The van der Waals surface area contributed by atoms with E-state index in [4.69, 9.17) is 5.73 Å². The van der Waals surface area contributed by atoms with E-state index in [0.29, 0.717) is 10.7 Å². The third kappa shape index (κ3) is 2.26. The maximum Gasteiger partial charge on any atom is 0.247 e. The molecule has 0 aliphatic rings. The number of aromatic nitrogens is 3. The van der Waals surface area contributed by atoms with Gasteiger partial charge in [-0.3, -0.25) is 9.48 Å². The topological polar surface area (TPSA) is 85.8 Å². The second kappa shape index (κ2) is 4.42. The highest BCUT2D eigenvalue weighted by Crippen LogP contribution is 2.14. The van der Waals surface area contributed by atoms with Gasteiger partial charge in [0.05, 0.1) is 6.20 Å². The van der Waals surface area contributed by atoms with E-state index in [-0.39, 0.29) is 5.91 Å². The lowest BCUT2D eigenvalue weighted by Crippen LogP contribution is -2.27. The van der Waals surface area contributed by atoms with Gasteiger partial charge >= 0.3 is 0 Å². The van der Waals surface area contributed by atoms with Gasteiger partial charge in [0.1, 0.15) is 6.04 Å². The Hall–Kier alpha value is -1.73. The molecule has 0 aromatic carbocycles. The van der Waals surface area contributed by atoms with Crippen molar-refractivity contribution in [2.75, 3.05) is 5.32 Å². The summed E-state index contributed by atoms with van der Waals surface area (Å²) < 4.78 is 1.60. The van der Waals surface area contributed by atoms with Crippen LogP contribution in [0.1, 0.15) is 11.6 Å². The van der Waals surface area contributed by atoms with Gasteiger partial charge in [-0.15, -0.1) is 11.3 Å². The normalized spacial score (nSPS) is 12.4. The quantitative estimate of drug-likeness (QED) is 0.814. The summed E-state index contributed by atoms with van der Waals surface area (Å²) in [6, 6.07) is -0.724. The van der Waals surface area contributed by atoms with E-state index in [2.05, 4.69) is 15.4 Å². The van der Waals surface area contributed by atoms with Crippen LogP contribution in [0.2, 0.25) is 0 Å². The van der Waals surface area contributed by atoms with Crippen LogP contribution in [-0.4, -0.2) is 20.7 Å². The average Bonchev–Trinajstić information content (AvgIpc) is 2.88. The standard InChI is InChI=1S/C9H11N5OS/c1-14-5-6(4-12-14)7(10)8(15)13-9-11-2-3-16-9/h2-5,7H,10H2,1H3,(H,11,13,15). The molecule has 1 amide bonds. The predicted octanol–water partition coefficient (Wildman–Crippen LogP) is 0.515. The molecule has 0 fully saturated rings. The monoisotopic (exact) mass is 237 g/mol. The number of nitrogens with two attached hydrogens (primary N) is 1. The summed E-state index contributed by atoms with van der Waals surface area (Å²) in [5.41, 5.74) is 6.46. The van der Waals surface area contributed by atoms with Gasteiger partial charge in [-0.1, -0.05) is 0 Å². The van der Waals surface area contributed by atoms with E-state index < -0.39 is 6.04 Å². The molecule has 6 nitrogen and oxygen atoms in total. The van der Waals surface area contributed by atoms with E-state index in [1.807, 2.05) is 0 Å². The number of anilines is 1. The molecule has 0 aliphatic heterocycles. The number of amides is 1. The minimum absolute atomic E-state index is 0.289. The Balaban J connectivity index is 2.05. The van der Waals surface area contributed by atoms with Crippen LogP contribution in [0.3, 0.4) is 0 Å². The van der Waals surface area contributed by atoms with Crippen molar-refractivity contribution >= 4 is 22.4 Å². The molecular weight excluding hydrogens is 226 g/mol. The number of rotatable bonds is 3. The molecule has 0 saturated carbocycles. The van der Waals surface area contributed by atoms with E-state index in [9.17, 15) is 4.79 Å². The van der Waals surface area contributed by atoms with Crippen molar-refractivity contribution < 1.29 is 4.79 Å². The molecule has 1 atom stereocenters. The van der Waals surface area contributed by atoms with Crippen LogP contribution in [-0.2, 0) is 11.8 Å². The van der Waals surface area contributed by atoms with Gasteiger partial charge in [-0.2, -0.15) is 5.10 Å². The lowest BCUT2D eigenvalue weighted by atomic mass is 10.1. The number of nitrogens with one attached hydrogen (secondary N) is 1. The zero-order valence-corrected chi connectivity index (χ0v) is 9.44. The Labute approximate surface area is 96.1 Å². The Bertz CT molecular complexity index is 478. The van der Waals surface area contributed by atoms with Crippen molar-refractivity contribution in [2.24, 2.45) is 12.8 Å². The summed E-state index contributed by atoms with van der Waals surface area (Å²) in [4.78, 5) is 15.7. The first-order chi connectivity index (χ1) is 7.66. The van der Waals surface area contributed by atoms with Crippen molar-refractivity contribution in [3.63, 3.8) is 0 Å². The van der Waals surface area contributed by atoms with Gasteiger partial charge in [-0.25, -0.2) is 4.98 Å². The molecule has 84 valence electrons. The minimum atomic E-state index is -0.724. The third-order valence-electron chi connectivity index (χ3n) is 2.03. The molecule has 0 saturated heterocycles. The number of thiazole rings is 1. The highest BCUT2D eigenvalue weighted by atomic mass is 32.1. The molecule has 2 rings (SSSR count). The van der Waals surface area contributed by atoms with Gasteiger partial charge in [0, 0.05) is 30.4 Å². The van der Waals surface area contributed by atoms with Crippen molar-refractivity contribution in [2.45, 2.75) is 6.04 Å². The van der Waals surface area contributed by atoms with Crippen LogP contribution in [0.5, 0.6) is 0 Å². The number of nitrogens with zero attached hydrogens (tertiary/aromatic N) is 3. The third-order valence-corrected chi connectivity index (χ3v) is 2.72. The molecule has 16 heavy (non-hydrogen) atoms. The van der Waals surface area contributed by atoms with Gasteiger partial charge in [0.25, 0.3) is 0 Å². The number of carbonyl (C=O) groups is 1. The van der Waals surface area contributed by atoms with Crippen molar-refractivity contribution in [3.05, 3.63) is 29.5 Å². The maximum atomic E-state index is 11.7. The highest BCUT2D eigenvalue weighted by Gasteiger charge is 2.17. The first kappa shape index (κ1) is 10.8. The van der Waals surface area contributed by atoms with Crippen LogP contribution >= 0.6 is 11.3 Å². The molecule has 0 spiro atoms. The summed E-state index contributed by atoms with van der Waals surface area (Å²) in [7, 11) is 1.77. The average molecular weight is 237 g/mol. The van der Waals surface area contributed by atoms with Crippen LogP contribution in [0.25, 0.3) is 0 Å². The largest absolute Gasteiger partial charge is 0.316 e. The molecule has 0 bridgehead atoms. The van der Waals surface area contributed by atoms with E-state index >= 15 is 0 Å². The van der Waals surface area contributed by atoms with Gasteiger partial charge in [-0.05, 0) is 0 Å². The summed E-state index contributed by atoms with van der Waals surface area (Å²) in [5, 5.41) is 8.93.